The molecule has 1 aromatic heterocycles. The second kappa shape index (κ2) is 8.06. The number of amides is 1. The highest BCUT2D eigenvalue weighted by molar-refractivity contribution is 7.89. The minimum atomic E-state index is -3.68. The van der Waals surface area contributed by atoms with Crippen LogP contribution in [0, 0.1) is 6.92 Å². The predicted octanol–water partition coefficient (Wildman–Crippen LogP) is 3.13. The normalized spacial score (nSPS) is 14.4. The summed E-state index contributed by atoms with van der Waals surface area (Å²) < 4.78 is 27.8. The monoisotopic (exact) mass is 427 g/mol. The van der Waals surface area contributed by atoms with Gasteiger partial charge in [-0.05, 0) is 42.7 Å². The van der Waals surface area contributed by atoms with Crippen LogP contribution in [0.5, 0.6) is 0 Å². The van der Waals surface area contributed by atoms with Crippen LogP contribution in [0.25, 0.3) is 0 Å². The first-order valence-electron chi connectivity index (χ1n) is 9.29. The molecule has 0 radical (unpaired) electrons. The van der Waals surface area contributed by atoms with Crippen molar-refractivity contribution >= 4 is 27.3 Å². The maximum atomic E-state index is 13.1. The van der Waals surface area contributed by atoms with Gasteiger partial charge < -0.3 is 5.32 Å². The molecule has 0 spiro atoms. The number of carbonyl (C=O) groups excluding carboxylic acids is 1. The Morgan fingerprint density at radius 1 is 1.17 bits per heavy atom. The standard InChI is InChI=1S/C21H21N3O3S2/c1-15-20(28-14-23-15)12-22-21(25)17-7-4-8-19(11-17)29(26,27)24-10-9-16-5-2-3-6-18(16)13-24/h2-8,11,14H,9-10,12-13H2,1H3,(H,22,25). The van der Waals surface area contributed by atoms with Gasteiger partial charge in [0.1, 0.15) is 0 Å². The Morgan fingerprint density at radius 2 is 1.97 bits per heavy atom. The number of benzene rings is 2. The van der Waals surface area contributed by atoms with E-state index in [4.69, 9.17) is 0 Å². The second-order valence-corrected chi connectivity index (χ2v) is 9.81. The molecule has 0 atom stereocenters. The molecular weight excluding hydrogens is 406 g/mol. The van der Waals surface area contributed by atoms with Gasteiger partial charge in [-0.1, -0.05) is 30.3 Å². The number of carbonyl (C=O) groups is 1. The van der Waals surface area contributed by atoms with Gasteiger partial charge in [-0.15, -0.1) is 11.3 Å². The van der Waals surface area contributed by atoms with E-state index in [-0.39, 0.29) is 10.8 Å². The molecule has 29 heavy (non-hydrogen) atoms. The molecule has 0 saturated carbocycles. The molecule has 0 fully saturated rings. The zero-order valence-electron chi connectivity index (χ0n) is 16.0. The van der Waals surface area contributed by atoms with Crippen molar-refractivity contribution in [1.29, 1.82) is 0 Å². The first-order chi connectivity index (χ1) is 13.9. The Labute approximate surface area is 174 Å². The van der Waals surface area contributed by atoms with E-state index in [1.807, 2.05) is 31.2 Å². The fraction of sp³-hybridized carbons (Fsp3) is 0.238. The van der Waals surface area contributed by atoms with Gasteiger partial charge in [0.15, 0.2) is 0 Å². The molecule has 0 aliphatic carbocycles. The van der Waals surface area contributed by atoms with Gasteiger partial charge in [-0.3, -0.25) is 4.79 Å². The zero-order valence-corrected chi connectivity index (χ0v) is 17.6. The molecule has 4 rings (SSSR count). The average molecular weight is 428 g/mol. The van der Waals surface area contributed by atoms with Gasteiger partial charge in [-0.25, -0.2) is 13.4 Å². The molecule has 1 amide bonds. The number of hydrogen-bond acceptors (Lipinski definition) is 5. The molecule has 1 aliphatic heterocycles. The van der Waals surface area contributed by atoms with E-state index in [0.717, 1.165) is 16.1 Å². The number of aryl methyl sites for hydroxylation is 1. The summed E-state index contributed by atoms with van der Waals surface area (Å²) in [7, 11) is -3.68. The van der Waals surface area contributed by atoms with E-state index in [2.05, 4.69) is 10.3 Å². The van der Waals surface area contributed by atoms with Crippen LogP contribution in [0.2, 0.25) is 0 Å². The summed E-state index contributed by atoms with van der Waals surface area (Å²) in [6, 6.07) is 14.1. The Bertz CT molecular complexity index is 1160. The molecule has 8 heteroatoms. The largest absolute Gasteiger partial charge is 0.347 e. The molecule has 0 unspecified atom stereocenters. The van der Waals surface area contributed by atoms with Gasteiger partial charge in [0.05, 0.1) is 22.6 Å². The highest BCUT2D eigenvalue weighted by Gasteiger charge is 2.28. The maximum absolute atomic E-state index is 13.1. The number of aromatic nitrogens is 1. The number of thiazole rings is 1. The smallest absolute Gasteiger partial charge is 0.251 e. The van der Waals surface area contributed by atoms with Crippen molar-refractivity contribution in [2.24, 2.45) is 0 Å². The lowest BCUT2D eigenvalue weighted by molar-refractivity contribution is 0.0951. The van der Waals surface area contributed by atoms with Crippen LogP contribution in [0.1, 0.15) is 32.1 Å². The topological polar surface area (TPSA) is 79.4 Å². The van der Waals surface area contributed by atoms with Crippen LogP contribution in [-0.4, -0.2) is 30.2 Å². The Balaban J connectivity index is 1.52. The summed E-state index contributed by atoms with van der Waals surface area (Å²) in [5.41, 5.74) is 5.16. The molecule has 3 aromatic rings. The van der Waals surface area contributed by atoms with Gasteiger partial charge in [0, 0.05) is 23.5 Å². The fourth-order valence-electron chi connectivity index (χ4n) is 3.38. The third kappa shape index (κ3) is 4.10. The molecule has 150 valence electrons. The Hall–Kier alpha value is -2.55. The fourth-order valence-corrected chi connectivity index (χ4v) is 5.56. The summed E-state index contributed by atoms with van der Waals surface area (Å²) in [5, 5.41) is 2.84. The lowest BCUT2D eigenvalue weighted by Gasteiger charge is -2.28. The minimum Gasteiger partial charge on any atom is -0.347 e. The van der Waals surface area contributed by atoms with Crippen LogP contribution in [0.3, 0.4) is 0 Å². The summed E-state index contributed by atoms with van der Waals surface area (Å²) in [6.45, 7) is 3.04. The summed E-state index contributed by atoms with van der Waals surface area (Å²) in [4.78, 5) is 17.8. The SMILES string of the molecule is Cc1ncsc1CNC(=O)c1cccc(S(=O)(=O)N2CCc3ccccc3C2)c1. The van der Waals surface area contributed by atoms with E-state index in [1.165, 1.54) is 27.3 Å². The number of nitrogens with zero attached hydrogens (tertiary/aromatic N) is 2. The maximum Gasteiger partial charge on any atom is 0.251 e. The summed E-state index contributed by atoms with van der Waals surface area (Å²) in [5.74, 6) is -0.307. The lowest BCUT2D eigenvalue weighted by Crippen LogP contribution is -2.36. The number of fused-ring (bicyclic) bond motifs is 1. The number of sulfonamides is 1. The van der Waals surface area contributed by atoms with Crippen molar-refractivity contribution in [3.8, 4) is 0 Å². The predicted molar refractivity (Wildman–Crippen MR) is 112 cm³/mol. The zero-order chi connectivity index (χ0) is 20.4. The van der Waals surface area contributed by atoms with E-state index < -0.39 is 10.0 Å². The van der Waals surface area contributed by atoms with E-state index in [9.17, 15) is 13.2 Å². The first kappa shape index (κ1) is 19.8. The molecule has 1 N–H and O–H groups in total. The minimum absolute atomic E-state index is 0.138. The Kier molecular flexibility index (Phi) is 5.49. The molecule has 2 heterocycles. The lowest BCUT2D eigenvalue weighted by atomic mass is 10.0. The summed E-state index contributed by atoms with van der Waals surface area (Å²) in [6.07, 6.45) is 0.684. The van der Waals surface area contributed by atoms with Crippen LogP contribution in [0.15, 0.2) is 58.9 Å². The quantitative estimate of drug-likeness (QED) is 0.679. The van der Waals surface area contributed by atoms with Crippen molar-refractivity contribution in [3.63, 3.8) is 0 Å². The van der Waals surface area contributed by atoms with Gasteiger partial charge >= 0.3 is 0 Å². The number of rotatable bonds is 5. The van der Waals surface area contributed by atoms with Crippen molar-refractivity contribution in [2.75, 3.05) is 6.54 Å². The van der Waals surface area contributed by atoms with Gasteiger partial charge in [-0.2, -0.15) is 4.31 Å². The third-order valence-corrected chi connectivity index (χ3v) is 7.86. The van der Waals surface area contributed by atoms with Crippen LogP contribution >= 0.6 is 11.3 Å². The highest BCUT2D eigenvalue weighted by Crippen LogP contribution is 2.25. The second-order valence-electron chi connectivity index (χ2n) is 6.93. The van der Waals surface area contributed by atoms with Crippen molar-refractivity contribution in [1.82, 2.24) is 14.6 Å². The van der Waals surface area contributed by atoms with Crippen LogP contribution in [-0.2, 0) is 29.5 Å². The van der Waals surface area contributed by atoms with Crippen molar-refractivity contribution in [3.05, 3.63) is 81.3 Å². The molecule has 0 bridgehead atoms. The Morgan fingerprint density at radius 3 is 2.72 bits per heavy atom. The van der Waals surface area contributed by atoms with E-state index in [1.54, 1.807) is 23.7 Å². The van der Waals surface area contributed by atoms with Gasteiger partial charge in [0.25, 0.3) is 5.91 Å². The van der Waals surface area contributed by atoms with Crippen LogP contribution in [0.4, 0.5) is 0 Å². The molecule has 0 saturated heterocycles. The molecule has 1 aliphatic rings. The van der Waals surface area contributed by atoms with E-state index >= 15 is 0 Å². The van der Waals surface area contributed by atoms with Crippen LogP contribution < -0.4 is 5.32 Å². The average Bonchev–Trinajstić information content (AvgIpc) is 3.16. The summed E-state index contributed by atoms with van der Waals surface area (Å²) >= 11 is 1.48. The third-order valence-electron chi connectivity index (χ3n) is 5.08. The van der Waals surface area contributed by atoms with Crippen molar-refractivity contribution in [2.45, 2.75) is 31.3 Å². The molecular formula is C21H21N3O3S2. The number of hydrogen-bond donors (Lipinski definition) is 1. The first-order valence-corrected chi connectivity index (χ1v) is 11.6. The van der Waals surface area contributed by atoms with E-state index in [0.29, 0.717) is 31.6 Å². The van der Waals surface area contributed by atoms with Crippen molar-refractivity contribution < 1.29 is 13.2 Å². The molecule has 6 nitrogen and oxygen atoms in total. The van der Waals surface area contributed by atoms with Gasteiger partial charge in [0.2, 0.25) is 10.0 Å². The highest BCUT2D eigenvalue weighted by atomic mass is 32.2. The number of nitrogens with one attached hydrogen (secondary N) is 1. The molecule has 2 aromatic carbocycles.